The second kappa shape index (κ2) is 9.22. The quantitative estimate of drug-likeness (QED) is 0.639. The Morgan fingerprint density at radius 2 is 2.04 bits per heavy atom. The Hall–Kier alpha value is -2.57. The smallest absolute Gasteiger partial charge is 0.318 e. The first kappa shape index (κ1) is 18.2. The van der Waals surface area contributed by atoms with Gasteiger partial charge in [0.2, 0.25) is 0 Å². The molecule has 0 radical (unpaired) electrons. The Morgan fingerprint density at radius 3 is 2.77 bits per heavy atom. The molecule has 0 unspecified atom stereocenters. The third kappa shape index (κ3) is 5.21. The van der Waals surface area contributed by atoms with E-state index in [-0.39, 0.29) is 6.03 Å². The molecule has 6 heteroatoms. The number of nitrogens with one attached hydrogen (secondary N) is 1. The Morgan fingerprint density at radius 1 is 1.15 bits per heavy atom. The van der Waals surface area contributed by atoms with Gasteiger partial charge in [0.1, 0.15) is 5.76 Å². The summed E-state index contributed by atoms with van der Waals surface area (Å²) in [5.74, 6) is 0.763. The van der Waals surface area contributed by atoms with E-state index in [9.17, 15) is 4.79 Å². The predicted octanol–water partition coefficient (Wildman–Crippen LogP) is 4.40. The Labute approximate surface area is 157 Å². The van der Waals surface area contributed by atoms with E-state index >= 15 is 0 Å². The van der Waals surface area contributed by atoms with Crippen molar-refractivity contribution in [3.05, 3.63) is 81.9 Å². The zero-order chi connectivity index (χ0) is 18.2. The first-order valence-electron chi connectivity index (χ1n) is 8.39. The lowest BCUT2D eigenvalue weighted by Crippen LogP contribution is -2.38. The molecule has 0 bridgehead atoms. The van der Waals surface area contributed by atoms with Crippen molar-refractivity contribution in [3.8, 4) is 0 Å². The number of carbonyl (C=O) groups excluding carboxylic acids is 1. The van der Waals surface area contributed by atoms with Crippen LogP contribution in [0.2, 0.25) is 0 Å². The SMILES string of the molecule is COCc1cccc(CNC(=O)N(Cc2ccco2)Cc2cccs2)c1. The van der Waals surface area contributed by atoms with Crippen LogP contribution in [0.5, 0.6) is 0 Å². The zero-order valence-corrected chi connectivity index (χ0v) is 15.5. The molecule has 5 nitrogen and oxygen atoms in total. The molecule has 3 aromatic rings. The van der Waals surface area contributed by atoms with Crippen molar-refractivity contribution in [1.29, 1.82) is 0 Å². The van der Waals surface area contributed by atoms with Crippen molar-refractivity contribution >= 4 is 17.4 Å². The van der Waals surface area contributed by atoms with Crippen molar-refractivity contribution in [2.75, 3.05) is 7.11 Å². The summed E-state index contributed by atoms with van der Waals surface area (Å²) in [5.41, 5.74) is 2.13. The largest absolute Gasteiger partial charge is 0.467 e. The van der Waals surface area contributed by atoms with Gasteiger partial charge in [-0.15, -0.1) is 11.3 Å². The van der Waals surface area contributed by atoms with Gasteiger partial charge in [0.25, 0.3) is 0 Å². The van der Waals surface area contributed by atoms with Crippen molar-refractivity contribution in [3.63, 3.8) is 0 Å². The van der Waals surface area contributed by atoms with E-state index in [0.29, 0.717) is 26.2 Å². The third-order valence-corrected chi connectivity index (χ3v) is 4.75. The van der Waals surface area contributed by atoms with Crippen LogP contribution < -0.4 is 5.32 Å². The number of carbonyl (C=O) groups is 1. The molecule has 0 spiro atoms. The number of amides is 2. The Balaban J connectivity index is 1.63. The molecule has 136 valence electrons. The van der Waals surface area contributed by atoms with Crippen LogP contribution in [0, 0.1) is 0 Å². The highest BCUT2D eigenvalue weighted by Gasteiger charge is 2.16. The molecule has 0 aliphatic carbocycles. The van der Waals surface area contributed by atoms with Crippen LogP contribution in [-0.2, 0) is 31.0 Å². The van der Waals surface area contributed by atoms with Crippen LogP contribution in [0.15, 0.2) is 64.6 Å². The minimum Gasteiger partial charge on any atom is -0.467 e. The maximum atomic E-state index is 12.7. The molecule has 0 atom stereocenters. The topological polar surface area (TPSA) is 54.7 Å². The number of furan rings is 1. The van der Waals surface area contributed by atoms with Gasteiger partial charge in [0.15, 0.2) is 0 Å². The average Bonchev–Trinajstić information content (AvgIpc) is 3.34. The fourth-order valence-electron chi connectivity index (χ4n) is 2.67. The van der Waals surface area contributed by atoms with Gasteiger partial charge in [-0.25, -0.2) is 4.79 Å². The highest BCUT2D eigenvalue weighted by Crippen LogP contribution is 2.15. The van der Waals surface area contributed by atoms with E-state index in [0.717, 1.165) is 21.8 Å². The molecule has 3 rings (SSSR count). The third-order valence-electron chi connectivity index (χ3n) is 3.89. The number of hydrogen-bond donors (Lipinski definition) is 1. The average molecular weight is 370 g/mol. The predicted molar refractivity (Wildman–Crippen MR) is 102 cm³/mol. The van der Waals surface area contributed by atoms with Gasteiger partial charge >= 0.3 is 6.03 Å². The fraction of sp³-hybridized carbons (Fsp3) is 0.250. The molecule has 2 aromatic heterocycles. The molecule has 2 amide bonds. The van der Waals surface area contributed by atoms with Gasteiger partial charge in [-0.2, -0.15) is 0 Å². The number of nitrogens with zero attached hydrogens (tertiary/aromatic N) is 1. The molecule has 26 heavy (non-hydrogen) atoms. The van der Waals surface area contributed by atoms with E-state index in [4.69, 9.17) is 9.15 Å². The van der Waals surface area contributed by atoms with Crippen LogP contribution in [0.25, 0.3) is 0 Å². The molecular formula is C20H22N2O3S. The number of ether oxygens (including phenoxy) is 1. The molecule has 0 saturated carbocycles. The van der Waals surface area contributed by atoms with Crippen molar-refractivity contribution in [2.45, 2.75) is 26.2 Å². The van der Waals surface area contributed by atoms with E-state index < -0.39 is 0 Å². The van der Waals surface area contributed by atoms with Crippen molar-refractivity contribution < 1.29 is 13.9 Å². The number of hydrogen-bond acceptors (Lipinski definition) is 4. The lowest BCUT2D eigenvalue weighted by molar-refractivity contribution is 0.184. The summed E-state index contributed by atoms with van der Waals surface area (Å²) in [6.07, 6.45) is 1.62. The molecule has 0 saturated heterocycles. The highest BCUT2D eigenvalue weighted by molar-refractivity contribution is 7.09. The summed E-state index contributed by atoms with van der Waals surface area (Å²) >= 11 is 1.64. The summed E-state index contributed by atoms with van der Waals surface area (Å²) in [5, 5.41) is 5.02. The summed E-state index contributed by atoms with van der Waals surface area (Å²) in [6.45, 7) is 2.01. The Bertz CT molecular complexity index is 764. The van der Waals surface area contributed by atoms with E-state index in [1.54, 1.807) is 29.6 Å². The molecule has 0 fully saturated rings. The monoisotopic (exact) mass is 370 g/mol. The molecule has 1 N–H and O–H groups in total. The van der Waals surface area contributed by atoms with Gasteiger partial charge < -0.3 is 19.4 Å². The van der Waals surface area contributed by atoms with Gasteiger partial charge in [0.05, 0.1) is 26.0 Å². The molecular weight excluding hydrogens is 348 g/mol. The van der Waals surface area contributed by atoms with Crippen LogP contribution >= 0.6 is 11.3 Å². The second-order valence-electron chi connectivity index (χ2n) is 5.93. The van der Waals surface area contributed by atoms with Crippen LogP contribution in [0.1, 0.15) is 21.8 Å². The summed E-state index contributed by atoms with van der Waals surface area (Å²) in [7, 11) is 1.67. The molecule has 1 aromatic carbocycles. The van der Waals surface area contributed by atoms with Gasteiger partial charge in [0, 0.05) is 18.5 Å². The number of urea groups is 1. The summed E-state index contributed by atoms with van der Waals surface area (Å²) in [6, 6.07) is 15.6. The van der Waals surface area contributed by atoms with Crippen molar-refractivity contribution in [2.24, 2.45) is 0 Å². The molecule has 2 heterocycles. The van der Waals surface area contributed by atoms with E-state index in [1.165, 1.54) is 0 Å². The summed E-state index contributed by atoms with van der Waals surface area (Å²) < 4.78 is 10.6. The minimum atomic E-state index is -0.119. The van der Waals surface area contributed by atoms with Crippen LogP contribution in [0.4, 0.5) is 4.79 Å². The van der Waals surface area contributed by atoms with Crippen LogP contribution in [-0.4, -0.2) is 18.0 Å². The van der Waals surface area contributed by atoms with Gasteiger partial charge in [-0.3, -0.25) is 0 Å². The molecule has 0 aliphatic rings. The highest BCUT2D eigenvalue weighted by atomic mass is 32.1. The van der Waals surface area contributed by atoms with Gasteiger partial charge in [-0.05, 0) is 34.7 Å². The maximum Gasteiger partial charge on any atom is 0.318 e. The normalized spacial score (nSPS) is 10.7. The van der Waals surface area contributed by atoms with Gasteiger partial charge in [-0.1, -0.05) is 30.3 Å². The number of benzene rings is 1. The fourth-order valence-corrected chi connectivity index (χ4v) is 3.39. The second-order valence-corrected chi connectivity index (χ2v) is 6.96. The van der Waals surface area contributed by atoms with E-state index in [1.807, 2.05) is 53.9 Å². The number of methoxy groups -OCH3 is 1. The number of rotatable bonds is 8. The first-order valence-corrected chi connectivity index (χ1v) is 9.27. The lowest BCUT2D eigenvalue weighted by Gasteiger charge is -2.21. The van der Waals surface area contributed by atoms with E-state index in [2.05, 4.69) is 5.32 Å². The standard InChI is InChI=1S/C20H22N2O3S/c1-24-15-17-6-2-5-16(11-17)12-21-20(23)22(13-18-7-3-9-25-18)14-19-8-4-10-26-19/h2-11H,12-15H2,1H3,(H,21,23). The zero-order valence-electron chi connectivity index (χ0n) is 14.7. The number of thiophene rings is 1. The van der Waals surface area contributed by atoms with Crippen molar-refractivity contribution in [1.82, 2.24) is 10.2 Å². The molecule has 0 aliphatic heterocycles. The Kier molecular flexibility index (Phi) is 6.46. The first-order chi connectivity index (χ1) is 12.7. The summed E-state index contributed by atoms with van der Waals surface area (Å²) in [4.78, 5) is 15.6. The van der Waals surface area contributed by atoms with Crippen LogP contribution in [0.3, 0.4) is 0 Å². The lowest BCUT2D eigenvalue weighted by atomic mass is 10.1. The minimum absolute atomic E-state index is 0.119. The maximum absolute atomic E-state index is 12.7.